The van der Waals surface area contributed by atoms with Crippen LogP contribution in [0.25, 0.3) is 0 Å². The first-order chi connectivity index (χ1) is 21.6. The molecule has 3 aliphatic heterocycles. The molecule has 0 aromatic carbocycles. The van der Waals surface area contributed by atoms with E-state index in [2.05, 4.69) is 37.5 Å². The molecule has 4 fully saturated rings. The van der Waals surface area contributed by atoms with Crippen molar-refractivity contribution in [3.63, 3.8) is 0 Å². The Bertz CT molecular complexity index is 1190. The van der Waals surface area contributed by atoms with Gasteiger partial charge in [0.2, 0.25) is 5.88 Å². The molecule has 4 heterocycles. The second-order valence-corrected chi connectivity index (χ2v) is 15.6. The van der Waals surface area contributed by atoms with Crippen LogP contribution >= 0.6 is 11.8 Å². The first kappa shape index (κ1) is 32.9. The fraction of sp³-hybridized carbons (Fsp3) is 0.812. The number of rotatable bonds is 13. The van der Waals surface area contributed by atoms with Gasteiger partial charge in [0.1, 0.15) is 11.8 Å². The predicted octanol–water partition coefficient (Wildman–Crippen LogP) is 4.68. The number of alkyl halides is 3. The number of ether oxygens (including phenoxy) is 1. The Morgan fingerprint density at radius 3 is 2.67 bits per heavy atom. The molecule has 250 valence electrons. The number of hydrogen-bond acceptors (Lipinski definition) is 9. The van der Waals surface area contributed by atoms with Gasteiger partial charge in [0.15, 0.2) is 0 Å². The van der Waals surface area contributed by atoms with Crippen molar-refractivity contribution in [2.45, 2.75) is 112 Å². The summed E-state index contributed by atoms with van der Waals surface area (Å²) in [6.45, 7) is 4.36. The van der Waals surface area contributed by atoms with E-state index in [1.165, 1.54) is 31.0 Å². The van der Waals surface area contributed by atoms with Gasteiger partial charge in [-0.25, -0.2) is 0 Å². The number of aromatic amines is 1. The van der Waals surface area contributed by atoms with E-state index in [9.17, 15) is 18.4 Å². The molecule has 45 heavy (non-hydrogen) atoms. The van der Waals surface area contributed by atoms with Crippen LogP contribution < -0.4 is 21.5 Å². The molecular weight excluding hydrogens is 601 g/mol. The average molecular weight is 651 g/mol. The van der Waals surface area contributed by atoms with Gasteiger partial charge in [-0.05, 0) is 82.4 Å². The van der Waals surface area contributed by atoms with Crippen molar-refractivity contribution >= 4 is 11.8 Å². The van der Waals surface area contributed by atoms with E-state index >= 15 is 0 Å². The van der Waals surface area contributed by atoms with Gasteiger partial charge in [0.05, 0.1) is 36.8 Å². The lowest BCUT2D eigenvalue weighted by atomic mass is 9.78. The minimum atomic E-state index is -4.17. The summed E-state index contributed by atoms with van der Waals surface area (Å²) in [5, 5.41) is 20.0. The van der Waals surface area contributed by atoms with E-state index in [1.54, 1.807) is 0 Å². The Kier molecular flexibility index (Phi) is 10.6. The van der Waals surface area contributed by atoms with Crippen molar-refractivity contribution in [3.8, 4) is 11.9 Å². The summed E-state index contributed by atoms with van der Waals surface area (Å²) >= 11 is 1.22. The zero-order chi connectivity index (χ0) is 31.6. The number of nitrogens with zero attached hydrogens (tertiary/aromatic N) is 4. The van der Waals surface area contributed by atoms with Gasteiger partial charge in [-0.2, -0.15) is 18.4 Å². The van der Waals surface area contributed by atoms with Gasteiger partial charge >= 0.3 is 6.18 Å². The van der Waals surface area contributed by atoms with Crippen LogP contribution in [0.2, 0.25) is 0 Å². The lowest BCUT2D eigenvalue weighted by Crippen LogP contribution is -2.54. The van der Waals surface area contributed by atoms with E-state index in [1.807, 2.05) is 6.07 Å². The molecule has 1 aromatic rings. The smallest absolute Gasteiger partial charge is 0.390 e. The largest absolute Gasteiger partial charge is 0.477 e. The number of aromatic nitrogens is 2. The van der Waals surface area contributed by atoms with Gasteiger partial charge in [0.25, 0.3) is 0 Å². The molecule has 13 heteroatoms. The minimum absolute atomic E-state index is 0.154. The zero-order valence-electron chi connectivity index (χ0n) is 26.1. The van der Waals surface area contributed by atoms with E-state index < -0.39 is 17.8 Å². The number of thioether (sulfide) groups is 1. The summed E-state index contributed by atoms with van der Waals surface area (Å²) < 4.78 is 44.4. The Morgan fingerprint density at radius 1 is 1.16 bits per heavy atom. The second-order valence-electron chi connectivity index (χ2n) is 14.1. The molecule has 2 aliphatic carbocycles. The van der Waals surface area contributed by atoms with E-state index in [-0.39, 0.29) is 23.5 Å². The molecule has 7 unspecified atom stereocenters. The number of nitrogens with two attached hydrogens (primary N) is 2. The molecule has 5 aliphatic rings. The van der Waals surface area contributed by atoms with Crippen molar-refractivity contribution < 1.29 is 17.9 Å². The molecule has 0 radical (unpaired) electrons. The Labute approximate surface area is 269 Å². The molecule has 9 nitrogen and oxygen atoms in total. The van der Waals surface area contributed by atoms with Gasteiger partial charge in [-0.1, -0.05) is 12.8 Å². The van der Waals surface area contributed by atoms with Crippen molar-refractivity contribution in [2.75, 3.05) is 26.2 Å². The number of allylic oxidation sites excluding steroid dienone is 1. The minimum Gasteiger partial charge on any atom is -0.477 e. The maximum absolute atomic E-state index is 12.9. The highest BCUT2D eigenvalue weighted by Crippen LogP contribution is 2.43. The fourth-order valence-electron chi connectivity index (χ4n) is 8.03. The number of likely N-dealkylation sites (tertiary alicyclic amines) is 1. The molecular formula is C32H49F3N8OS. The molecule has 2 saturated carbocycles. The van der Waals surface area contributed by atoms with Crippen LogP contribution in [-0.4, -0.2) is 81.3 Å². The summed E-state index contributed by atoms with van der Waals surface area (Å²) in [6.07, 6.45) is 7.50. The molecule has 1 aromatic heterocycles. The van der Waals surface area contributed by atoms with Crippen LogP contribution in [0.1, 0.15) is 76.3 Å². The number of nitrogens with one attached hydrogen (secondary N) is 2. The van der Waals surface area contributed by atoms with Crippen molar-refractivity contribution in [3.05, 3.63) is 23.5 Å². The summed E-state index contributed by atoms with van der Waals surface area (Å²) in [6, 6.07) is 5.01. The summed E-state index contributed by atoms with van der Waals surface area (Å²) in [5.41, 5.74) is 14.4. The number of piperidine rings is 1. The van der Waals surface area contributed by atoms with E-state index in [4.69, 9.17) is 16.2 Å². The van der Waals surface area contributed by atoms with Gasteiger partial charge < -0.3 is 26.0 Å². The highest BCUT2D eigenvalue weighted by Gasteiger charge is 2.43. The summed E-state index contributed by atoms with van der Waals surface area (Å²) in [4.78, 5) is 4.80. The van der Waals surface area contributed by atoms with Gasteiger partial charge in [0, 0.05) is 41.8 Å². The highest BCUT2D eigenvalue weighted by atomic mass is 32.2. The summed E-state index contributed by atoms with van der Waals surface area (Å²) in [7, 11) is 0. The number of fused-ring (bicyclic) bond motifs is 1. The molecule has 0 bridgehead atoms. The molecule has 2 saturated heterocycles. The van der Waals surface area contributed by atoms with E-state index in [0.717, 1.165) is 75.5 Å². The topological polar surface area (TPSA) is 132 Å². The SMILES string of the molecule is N#CC1=CC2CC(CN3CCC(NC(N)C4CC(CC(F)(F)F)SC4N)CC3)CCC2N1Cc1cc(OCCCC2CC2)n[nH]1. The maximum Gasteiger partial charge on any atom is 0.390 e. The Morgan fingerprint density at radius 2 is 1.93 bits per heavy atom. The molecule has 7 atom stereocenters. The van der Waals surface area contributed by atoms with Crippen molar-refractivity contribution in [2.24, 2.45) is 35.1 Å². The number of halogens is 3. The zero-order valence-corrected chi connectivity index (χ0v) is 26.9. The van der Waals surface area contributed by atoms with Crippen molar-refractivity contribution in [1.29, 1.82) is 5.26 Å². The third-order valence-corrected chi connectivity index (χ3v) is 12.0. The molecule has 0 amide bonds. The normalized spacial score (nSPS) is 31.9. The number of H-pyrrole nitrogens is 1. The second kappa shape index (κ2) is 14.4. The standard InChI is InChI=1S/C32H49F3N8OS/c33-32(34,35)16-26-15-27(31(38)45-26)30(37)39-23-7-9-42(10-8-23)18-21-5-6-28-22(12-21)13-25(17-36)43(28)19-24-14-29(41-40-24)44-11-1-2-20-3-4-20/h13-14,20-23,26-28,30-31,39H,1-12,15-16,18-19,37-38H2,(H,40,41). The average Bonchev–Trinajstić information content (AvgIpc) is 3.44. The van der Waals surface area contributed by atoms with Crippen LogP contribution in [-0.2, 0) is 6.54 Å². The van der Waals surface area contributed by atoms with Crippen LogP contribution in [0.15, 0.2) is 17.8 Å². The Balaban J connectivity index is 0.915. The maximum atomic E-state index is 12.9. The first-order valence-electron chi connectivity index (χ1n) is 16.9. The monoisotopic (exact) mass is 650 g/mol. The van der Waals surface area contributed by atoms with Gasteiger partial charge in [-0.15, -0.1) is 16.9 Å². The van der Waals surface area contributed by atoms with E-state index in [0.29, 0.717) is 43.3 Å². The van der Waals surface area contributed by atoms with Crippen LogP contribution in [0.5, 0.6) is 5.88 Å². The lowest BCUT2D eigenvalue weighted by Gasteiger charge is -2.40. The highest BCUT2D eigenvalue weighted by molar-refractivity contribution is 8.00. The fourth-order valence-corrected chi connectivity index (χ4v) is 9.57. The third kappa shape index (κ3) is 8.89. The molecule has 6 rings (SSSR count). The predicted molar refractivity (Wildman–Crippen MR) is 169 cm³/mol. The number of nitriles is 1. The lowest BCUT2D eigenvalue weighted by molar-refractivity contribution is -0.134. The Hall–Kier alpha value is -1.98. The number of hydrogen-bond donors (Lipinski definition) is 4. The quantitative estimate of drug-likeness (QED) is 0.177. The molecule has 6 N–H and O–H groups in total. The summed E-state index contributed by atoms with van der Waals surface area (Å²) in [5.74, 6) is 2.37. The third-order valence-electron chi connectivity index (χ3n) is 10.6. The molecule has 0 spiro atoms. The first-order valence-corrected chi connectivity index (χ1v) is 17.8. The van der Waals surface area contributed by atoms with Crippen LogP contribution in [0.4, 0.5) is 13.2 Å². The van der Waals surface area contributed by atoms with Crippen molar-refractivity contribution in [1.82, 2.24) is 25.3 Å². The van der Waals surface area contributed by atoms with Crippen LogP contribution in [0, 0.1) is 35.0 Å². The van der Waals surface area contributed by atoms with Gasteiger partial charge in [-0.3, -0.25) is 10.4 Å². The van der Waals surface area contributed by atoms with Crippen LogP contribution in [0.3, 0.4) is 0 Å².